The van der Waals surface area contributed by atoms with Crippen molar-refractivity contribution in [3.05, 3.63) is 69.0 Å². The van der Waals surface area contributed by atoms with Crippen LogP contribution in [0.5, 0.6) is 5.75 Å². The lowest BCUT2D eigenvalue weighted by molar-refractivity contribution is -0.139. The summed E-state index contributed by atoms with van der Waals surface area (Å²) in [6.45, 7) is -0.267. The number of aliphatic carboxylic acids is 1. The zero-order valence-corrected chi connectivity index (χ0v) is 16.3. The number of hydrogen-bond donors (Lipinski definition) is 1. The largest absolute Gasteiger partial charge is 0.482 e. The van der Waals surface area contributed by atoms with Gasteiger partial charge >= 0.3 is 5.97 Å². The molecule has 1 aliphatic rings. The van der Waals surface area contributed by atoms with Crippen molar-refractivity contribution in [2.24, 2.45) is 0 Å². The van der Waals surface area contributed by atoms with Crippen molar-refractivity contribution < 1.29 is 24.2 Å². The van der Waals surface area contributed by atoms with Gasteiger partial charge in [0, 0.05) is 4.47 Å². The van der Waals surface area contributed by atoms with Gasteiger partial charge in [-0.1, -0.05) is 46.3 Å². The molecular formula is C19H14BrNO5S. The maximum atomic E-state index is 12.6. The van der Waals surface area contributed by atoms with Gasteiger partial charge < -0.3 is 9.84 Å². The molecule has 3 rings (SSSR count). The predicted molar refractivity (Wildman–Crippen MR) is 105 cm³/mol. The molecule has 2 amide bonds. The second-order valence-corrected chi connectivity index (χ2v) is 7.46. The first-order valence-electron chi connectivity index (χ1n) is 7.87. The van der Waals surface area contributed by atoms with Crippen molar-refractivity contribution in [1.82, 2.24) is 4.90 Å². The van der Waals surface area contributed by atoms with Crippen LogP contribution >= 0.6 is 27.7 Å². The molecule has 1 aliphatic heterocycles. The summed E-state index contributed by atoms with van der Waals surface area (Å²) >= 11 is 4.29. The molecule has 6 nitrogen and oxygen atoms in total. The summed E-state index contributed by atoms with van der Waals surface area (Å²) in [6.07, 6.45) is 1.60. The zero-order chi connectivity index (χ0) is 19.4. The summed E-state index contributed by atoms with van der Waals surface area (Å²) in [4.78, 5) is 37.0. The van der Waals surface area contributed by atoms with Crippen molar-refractivity contribution in [1.29, 1.82) is 0 Å². The van der Waals surface area contributed by atoms with Crippen molar-refractivity contribution in [3.63, 3.8) is 0 Å². The summed E-state index contributed by atoms with van der Waals surface area (Å²) < 4.78 is 5.96. The van der Waals surface area contributed by atoms with Crippen molar-refractivity contribution in [2.75, 3.05) is 6.61 Å². The van der Waals surface area contributed by atoms with Gasteiger partial charge in [-0.25, -0.2) is 4.79 Å². The normalized spacial score (nSPS) is 15.4. The number of carboxylic acid groups (broad SMARTS) is 1. The Balaban J connectivity index is 1.77. The van der Waals surface area contributed by atoms with Crippen LogP contribution in [-0.2, 0) is 16.1 Å². The van der Waals surface area contributed by atoms with E-state index in [4.69, 9.17) is 9.84 Å². The third-order valence-electron chi connectivity index (χ3n) is 3.68. The lowest BCUT2D eigenvalue weighted by Gasteiger charge is -2.13. The van der Waals surface area contributed by atoms with Crippen LogP contribution < -0.4 is 4.74 Å². The molecule has 0 spiro atoms. The summed E-state index contributed by atoms with van der Waals surface area (Å²) in [5, 5.41) is 8.34. The minimum Gasteiger partial charge on any atom is -0.482 e. The standard InChI is InChI=1S/C19H14BrNO5S/c20-15-7-2-1-5-13(15)10-21-18(24)16(27-19(21)25)9-12-4-3-6-14(8-12)26-11-17(22)23/h1-9H,10-11H2,(H,22,23)/b16-9-. The molecule has 1 N–H and O–H groups in total. The number of amides is 2. The van der Waals surface area contributed by atoms with E-state index in [9.17, 15) is 14.4 Å². The number of halogens is 1. The highest BCUT2D eigenvalue weighted by molar-refractivity contribution is 9.10. The molecule has 0 radical (unpaired) electrons. The second kappa shape index (κ2) is 8.41. The monoisotopic (exact) mass is 447 g/mol. The Bertz CT molecular complexity index is 943. The second-order valence-electron chi connectivity index (χ2n) is 5.61. The van der Waals surface area contributed by atoms with E-state index in [1.807, 2.05) is 24.3 Å². The van der Waals surface area contributed by atoms with Crippen molar-refractivity contribution in [3.8, 4) is 5.75 Å². The molecule has 2 aromatic carbocycles. The molecule has 0 aromatic heterocycles. The van der Waals surface area contributed by atoms with Crippen molar-refractivity contribution >= 4 is 50.9 Å². The summed E-state index contributed by atoms with van der Waals surface area (Å²) in [6, 6.07) is 14.1. The first kappa shape index (κ1) is 19.2. The molecule has 0 bridgehead atoms. The van der Waals surface area contributed by atoms with Crippen LogP contribution in [0.25, 0.3) is 6.08 Å². The number of nitrogens with zero attached hydrogens (tertiary/aromatic N) is 1. The molecule has 2 aromatic rings. The van der Waals surface area contributed by atoms with E-state index in [2.05, 4.69) is 15.9 Å². The number of carbonyl (C=O) groups is 3. The van der Waals surface area contributed by atoms with Gasteiger partial charge in [-0.2, -0.15) is 0 Å². The van der Waals surface area contributed by atoms with Gasteiger partial charge in [0.1, 0.15) is 5.75 Å². The molecule has 0 saturated carbocycles. The smallest absolute Gasteiger partial charge is 0.341 e. The fourth-order valence-corrected chi connectivity index (χ4v) is 3.67. The van der Waals surface area contributed by atoms with Gasteiger partial charge in [-0.3, -0.25) is 14.5 Å². The lowest BCUT2D eigenvalue weighted by Crippen LogP contribution is -2.27. The molecule has 1 heterocycles. The van der Waals surface area contributed by atoms with E-state index >= 15 is 0 Å². The number of carboxylic acids is 1. The van der Waals surface area contributed by atoms with E-state index in [-0.39, 0.29) is 17.7 Å². The van der Waals surface area contributed by atoms with Crippen LogP contribution in [0.4, 0.5) is 4.79 Å². The summed E-state index contributed by atoms with van der Waals surface area (Å²) in [5.74, 6) is -1.06. The lowest BCUT2D eigenvalue weighted by atomic mass is 10.2. The number of thioether (sulfide) groups is 1. The van der Waals surface area contributed by atoms with Crippen LogP contribution in [0.3, 0.4) is 0 Å². The highest BCUT2D eigenvalue weighted by Crippen LogP contribution is 2.34. The highest BCUT2D eigenvalue weighted by atomic mass is 79.9. The van der Waals surface area contributed by atoms with Gasteiger partial charge in [0.15, 0.2) is 6.61 Å². The Hall–Kier alpha value is -2.58. The van der Waals surface area contributed by atoms with E-state index < -0.39 is 12.6 Å². The molecule has 0 aliphatic carbocycles. The quantitative estimate of drug-likeness (QED) is 0.669. The number of hydrogen-bond acceptors (Lipinski definition) is 5. The van der Waals surface area contributed by atoms with Gasteiger partial charge in [-0.15, -0.1) is 0 Å². The number of benzene rings is 2. The van der Waals surface area contributed by atoms with E-state index in [0.29, 0.717) is 16.2 Å². The molecular weight excluding hydrogens is 434 g/mol. The topological polar surface area (TPSA) is 83.9 Å². The Labute approximate surface area is 167 Å². The fraction of sp³-hybridized carbons (Fsp3) is 0.105. The summed E-state index contributed by atoms with van der Waals surface area (Å²) in [5.41, 5.74) is 1.48. The van der Waals surface area contributed by atoms with Crippen molar-refractivity contribution in [2.45, 2.75) is 6.54 Å². The van der Waals surface area contributed by atoms with Crippen LogP contribution in [0, 0.1) is 0 Å². The summed E-state index contributed by atoms with van der Waals surface area (Å²) in [7, 11) is 0. The molecule has 138 valence electrons. The molecule has 0 atom stereocenters. The first-order valence-corrected chi connectivity index (χ1v) is 9.48. The number of imide groups is 1. The molecule has 1 fully saturated rings. The minimum absolute atomic E-state index is 0.186. The zero-order valence-electron chi connectivity index (χ0n) is 13.9. The van der Waals surface area contributed by atoms with E-state index in [1.54, 1.807) is 30.3 Å². The minimum atomic E-state index is -1.08. The fourth-order valence-electron chi connectivity index (χ4n) is 2.42. The number of ether oxygens (including phenoxy) is 1. The van der Waals surface area contributed by atoms with Crippen LogP contribution in [-0.4, -0.2) is 33.7 Å². The van der Waals surface area contributed by atoms with Gasteiger partial charge in [0.05, 0.1) is 11.4 Å². The molecule has 27 heavy (non-hydrogen) atoms. The highest BCUT2D eigenvalue weighted by Gasteiger charge is 2.35. The van der Waals surface area contributed by atoms with Gasteiger partial charge in [0.2, 0.25) is 0 Å². The molecule has 1 saturated heterocycles. The Morgan fingerprint density at radius 2 is 1.96 bits per heavy atom. The Morgan fingerprint density at radius 3 is 2.70 bits per heavy atom. The number of rotatable bonds is 6. The SMILES string of the molecule is O=C(O)COc1cccc(/C=C2\SC(=O)N(Cc3ccccc3Br)C2=O)c1. The molecule has 0 unspecified atom stereocenters. The average molecular weight is 448 g/mol. The van der Waals surface area contributed by atoms with Gasteiger partial charge in [0.25, 0.3) is 11.1 Å². The van der Waals surface area contributed by atoms with E-state index in [0.717, 1.165) is 21.8 Å². The Morgan fingerprint density at radius 1 is 1.19 bits per heavy atom. The van der Waals surface area contributed by atoms with Crippen LogP contribution in [0.2, 0.25) is 0 Å². The predicted octanol–water partition coefficient (Wildman–Crippen LogP) is 4.15. The molecule has 8 heteroatoms. The van der Waals surface area contributed by atoms with Crippen LogP contribution in [0.1, 0.15) is 11.1 Å². The van der Waals surface area contributed by atoms with Crippen LogP contribution in [0.15, 0.2) is 57.9 Å². The van der Waals surface area contributed by atoms with E-state index in [1.165, 1.54) is 4.90 Å². The first-order chi connectivity index (χ1) is 12.9. The third-order valence-corrected chi connectivity index (χ3v) is 5.36. The maximum absolute atomic E-state index is 12.6. The maximum Gasteiger partial charge on any atom is 0.341 e. The third kappa shape index (κ3) is 4.78. The number of carbonyl (C=O) groups excluding carboxylic acids is 2. The Kier molecular flexibility index (Phi) is 5.98. The average Bonchev–Trinajstić information content (AvgIpc) is 2.89. The van der Waals surface area contributed by atoms with Gasteiger partial charge in [-0.05, 0) is 47.2 Å².